The second-order valence-corrected chi connectivity index (χ2v) is 7.64. The number of carbonyl (C=O) groups is 1. The fraction of sp³-hybridized carbons (Fsp3) is 0.222. The monoisotopic (exact) mass is 412 g/mol. The van der Waals surface area contributed by atoms with Gasteiger partial charge in [0, 0.05) is 5.75 Å². The normalized spacial score (nSPS) is 22.5. The summed E-state index contributed by atoms with van der Waals surface area (Å²) in [4.78, 5) is 15.9. The van der Waals surface area contributed by atoms with Gasteiger partial charge in [-0.3, -0.25) is 9.69 Å². The van der Waals surface area contributed by atoms with E-state index < -0.39 is 23.6 Å². The van der Waals surface area contributed by atoms with Gasteiger partial charge in [0.15, 0.2) is 5.11 Å². The van der Waals surface area contributed by atoms with E-state index in [0.717, 1.165) is 12.1 Å². The molecular formula is C18H12F4N2OS2. The summed E-state index contributed by atoms with van der Waals surface area (Å²) in [6.45, 7) is 0. The minimum Gasteiger partial charge on any atom is -0.319 e. The number of benzene rings is 2. The SMILES string of the molecule is O=C1C2CSC(c3ccc(C(F)(F)F)cc3)N2C(=S)N1c1ccc(F)cc1. The van der Waals surface area contributed by atoms with Gasteiger partial charge in [-0.15, -0.1) is 11.8 Å². The van der Waals surface area contributed by atoms with Gasteiger partial charge in [-0.2, -0.15) is 13.2 Å². The van der Waals surface area contributed by atoms with Crippen LogP contribution in [0.3, 0.4) is 0 Å². The molecule has 2 aromatic rings. The van der Waals surface area contributed by atoms with E-state index in [-0.39, 0.29) is 16.4 Å². The van der Waals surface area contributed by atoms with E-state index in [9.17, 15) is 22.4 Å². The molecule has 2 aromatic carbocycles. The molecule has 1 amide bonds. The minimum absolute atomic E-state index is 0.214. The van der Waals surface area contributed by atoms with E-state index in [4.69, 9.17) is 12.2 Å². The lowest BCUT2D eigenvalue weighted by molar-refractivity contribution is -0.137. The van der Waals surface area contributed by atoms with Crippen LogP contribution in [0.2, 0.25) is 0 Å². The van der Waals surface area contributed by atoms with Crippen LogP contribution >= 0.6 is 24.0 Å². The fourth-order valence-electron chi connectivity index (χ4n) is 3.21. The van der Waals surface area contributed by atoms with Crippen LogP contribution in [0.4, 0.5) is 23.2 Å². The zero-order chi connectivity index (χ0) is 19.3. The number of thioether (sulfide) groups is 1. The molecule has 2 heterocycles. The smallest absolute Gasteiger partial charge is 0.319 e. The van der Waals surface area contributed by atoms with Crippen molar-refractivity contribution in [2.45, 2.75) is 17.6 Å². The Morgan fingerprint density at radius 3 is 2.26 bits per heavy atom. The van der Waals surface area contributed by atoms with Crippen molar-refractivity contribution in [3.63, 3.8) is 0 Å². The van der Waals surface area contributed by atoms with Crippen LogP contribution in [-0.2, 0) is 11.0 Å². The Kier molecular flexibility index (Phi) is 4.38. The zero-order valence-corrected chi connectivity index (χ0v) is 15.2. The van der Waals surface area contributed by atoms with Crippen molar-refractivity contribution in [1.82, 2.24) is 4.90 Å². The second-order valence-electron chi connectivity index (χ2n) is 6.16. The van der Waals surface area contributed by atoms with Crippen LogP contribution in [-0.4, -0.2) is 27.7 Å². The number of nitrogens with zero attached hydrogens (tertiary/aromatic N) is 2. The Bertz CT molecular complexity index is 899. The highest BCUT2D eigenvalue weighted by atomic mass is 32.2. The zero-order valence-electron chi connectivity index (χ0n) is 13.6. The third-order valence-electron chi connectivity index (χ3n) is 4.53. The first-order valence-corrected chi connectivity index (χ1v) is 9.43. The maximum atomic E-state index is 13.2. The number of halogens is 4. The van der Waals surface area contributed by atoms with E-state index in [1.807, 2.05) is 0 Å². The van der Waals surface area contributed by atoms with E-state index in [0.29, 0.717) is 17.0 Å². The first-order valence-electron chi connectivity index (χ1n) is 7.98. The Labute approximate surface area is 161 Å². The largest absolute Gasteiger partial charge is 0.416 e. The summed E-state index contributed by atoms with van der Waals surface area (Å²) in [6.07, 6.45) is -4.40. The first-order chi connectivity index (χ1) is 12.8. The highest BCUT2D eigenvalue weighted by Crippen LogP contribution is 2.46. The molecule has 0 aromatic heterocycles. The lowest BCUT2D eigenvalue weighted by atomic mass is 10.1. The number of carbonyl (C=O) groups excluding carboxylic acids is 1. The van der Waals surface area contributed by atoms with Crippen molar-refractivity contribution >= 4 is 40.7 Å². The predicted octanol–water partition coefficient (Wildman–Crippen LogP) is 4.59. The average Bonchev–Trinajstić information content (AvgIpc) is 3.16. The van der Waals surface area contributed by atoms with Crippen LogP contribution in [0.1, 0.15) is 16.5 Å². The first kappa shape index (κ1) is 18.2. The van der Waals surface area contributed by atoms with Gasteiger partial charge in [0.25, 0.3) is 5.91 Å². The molecular weight excluding hydrogens is 400 g/mol. The molecule has 0 N–H and O–H groups in total. The molecule has 9 heteroatoms. The van der Waals surface area contributed by atoms with Gasteiger partial charge in [0.1, 0.15) is 17.2 Å². The molecule has 0 saturated carbocycles. The van der Waals surface area contributed by atoms with Crippen LogP contribution in [0.5, 0.6) is 0 Å². The number of thiocarbonyl (C=S) groups is 1. The van der Waals surface area contributed by atoms with Crippen molar-refractivity contribution in [1.29, 1.82) is 0 Å². The van der Waals surface area contributed by atoms with E-state index in [1.54, 1.807) is 4.90 Å². The van der Waals surface area contributed by atoms with E-state index in [1.165, 1.54) is 53.1 Å². The van der Waals surface area contributed by atoms with E-state index in [2.05, 4.69) is 0 Å². The third kappa shape index (κ3) is 3.08. The Morgan fingerprint density at radius 1 is 1.04 bits per heavy atom. The summed E-state index contributed by atoms with van der Waals surface area (Å²) in [5.41, 5.74) is 0.391. The average molecular weight is 412 g/mol. The topological polar surface area (TPSA) is 23.6 Å². The van der Waals surface area contributed by atoms with Gasteiger partial charge < -0.3 is 4.90 Å². The highest BCUT2D eigenvalue weighted by molar-refractivity contribution is 7.99. The molecule has 2 aliphatic heterocycles. The second kappa shape index (κ2) is 6.49. The summed E-state index contributed by atoms with van der Waals surface area (Å²) >= 11 is 6.93. The van der Waals surface area contributed by atoms with Gasteiger partial charge in [0.2, 0.25) is 0 Å². The Morgan fingerprint density at radius 2 is 1.67 bits per heavy atom. The number of anilines is 1. The molecule has 0 aliphatic carbocycles. The van der Waals surface area contributed by atoms with Crippen LogP contribution in [0.25, 0.3) is 0 Å². The summed E-state index contributed by atoms with van der Waals surface area (Å²) in [5.74, 6) is -0.161. The van der Waals surface area contributed by atoms with Crippen LogP contribution in [0, 0.1) is 5.82 Å². The van der Waals surface area contributed by atoms with Gasteiger partial charge in [-0.05, 0) is 54.2 Å². The van der Waals surface area contributed by atoms with Crippen molar-refractivity contribution in [2.24, 2.45) is 0 Å². The maximum absolute atomic E-state index is 13.2. The maximum Gasteiger partial charge on any atom is 0.416 e. The van der Waals surface area contributed by atoms with Gasteiger partial charge in [-0.1, -0.05) is 12.1 Å². The van der Waals surface area contributed by atoms with Crippen molar-refractivity contribution in [2.75, 3.05) is 10.7 Å². The molecule has 2 aliphatic rings. The molecule has 2 atom stereocenters. The molecule has 3 nitrogen and oxygen atoms in total. The summed E-state index contributed by atoms with van der Waals surface area (Å²) < 4.78 is 51.5. The molecule has 2 saturated heterocycles. The molecule has 140 valence electrons. The van der Waals surface area contributed by atoms with Gasteiger partial charge in [0.05, 0.1) is 11.3 Å². The van der Waals surface area contributed by atoms with Crippen molar-refractivity contribution in [3.05, 3.63) is 65.5 Å². The Balaban J connectivity index is 1.63. The predicted molar refractivity (Wildman–Crippen MR) is 98.8 cm³/mol. The van der Waals surface area contributed by atoms with Gasteiger partial charge >= 0.3 is 6.18 Å². The molecule has 2 fully saturated rings. The Hall–Kier alpha value is -2.13. The summed E-state index contributed by atoms with van der Waals surface area (Å²) in [6, 6.07) is 9.84. The molecule has 0 bridgehead atoms. The standard InChI is InChI=1S/C18H12F4N2OS2/c19-12-5-7-13(8-6-12)23-15(25)14-9-27-16(24(14)17(23)26)10-1-3-11(4-2-10)18(20,21)22/h1-8,14,16H,9H2. The summed E-state index contributed by atoms with van der Waals surface area (Å²) in [7, 11) is 0. The van der Waals surface area contributed by atoms with Crippen LogP contribution < -0.4 is 4.90 Å². The quantitative estimate of drug-likeness (QED) is 0.532. The molecule has 0 radical (unpaired) electrons. The number of rotatable bonds is 2. The van der Waals surface area contributed by atoms with Gasteiger partial charge in [-0.25, -0.2) is 4.39 Å². The highest BCUT2D eigenvalue weighted by Gasteiger charge is 2.50. The van der Waals surface area contributed by atoms with Crippen molar-refractivity contribution in [3.8, 4) is 0 Å². The van der Waals surface area contributed by atoms with Crippen LogP contribution in [0.15, 0.2) is 48.5 Å². The lowest BCUT2D eigenvalue weighted by Crippen LogP contribution is -2.33. The molecule has 4 rings (SSSR count). The minimum atomic E-state index is -4.40. The summed E-state index contributed by atoms with van der Waals surface area (Å²) in [5, 5.41) is -0.0781. The number of amides is 1. The molecule has 0 spiro atoms. The lowest BCUT2D eigenvalue weighted by Gasteiger charge is -2.25. The number of alkyl halides is 3. The number of hydrogen-bond donors (Lipinski definition) is 0. The fourth-order valence-corrected chi connectivity index (χ4v) is 5.13. The molecule has 2 unspecified atom stereocenters. The van der Waals surface area contributed by atoms with Crippen molar-refractivity contribution < 1.29 is 22.4 Å². The number of hydrogen-bond acceptors (Lipinski definition) is 3. The molecule has 27 heavy (non-hydrogen) atoms. The third-order valence-corrected chi connectivity index (χ3v) is 6.24. The van der Waals surface area contributed by atoms with E-state index >= 15 is 0 Å². The number of fused-ring (bicyclic) bond motifs is 1.